The van der Waals surface area contributed by atoms with E-state index in [4.69, 9.17) is 4.74 Å². The van der Waals surface area contributed by atoms with Crippen LogP contribution in [0.2, 0.25) is 0 Å². The number of aromatic nitrogens is 1. The smallest absolute Gasteiger partial charge is 0.256 e. The first kappa shape index (κ1) is 17.8. The number of methoxy groups -OCH3 is 1. The molecular weight excluding hydrogens is 396 g/mol. The summed E-state index contributed by atoms with van der Waals surface area (Å²) < 4.78 is 5.88. The van der Waals surface area contributed by atoms with Crippen molar-refractivity contribution in [3.8, 4) is 5.88 Å². The van der Waals surface area contributed by atoms with Crippen molar-refractivity contribution in [2.24, 2.45) is 0 Å². The molecule has 0 aliphatic heterocycles. The second-order valence-corrected chi connectivity index (χ2v) is 6.34. The molecular formula is C20H15BrN2O3. The number of benzene rings is 2. The lowest BCUT2D eigenvalue weighted by Gasteiger charge is -2.10. The zero-order valence-corrected chi connectivity index (χ0v) is 15.5. The first-order valence-corrected chi connectivity index (χ1v) is 8.58. The van der Waals surface area contributed by atoms with E-state index in [1.807, 2.05) is 0 Å². The lowest BCUT2D eigenvalue weighted by Crippen LogP contribution is -2.17. The molecule has 26 heavy (non-hydrogen) atoms. The molecule has 6 heteroatoms. The summed E-state index contributed by atoms with van der Waals surface area (Å²) in [6.45, 7) is 0. The van der Waals surface area contributed by atoms with E-state index in [1.54, 1.807) is 60.7 Å². The predicted molar refractivity (Wildman–Crippen MR) is 103 cm³/mol. The molecule has 0 unspecified atom stereocenters. The predicted octanol–water partition coefficient (Wildman–Crippen LogP) is 4.34. The molecule has 0 aliphatic carbocycles. The van der Waals surface area contributed by atoms with Gasteiger partial charge >= 0.3 is 0 Å². The topological polar surface area (TPSA) is 68.3 Å². The van der Waals surface area contributed by atoms with Crippen LogP contribution in [-0.4, -0.2) is 23.8 Å². The number of carbonyl (C=O) groups excluding carboxylic acids is 2. The first-order chi connectivity index (χ1) is 12.6. The number of nitrogens with one attached hydrogen (secondary N) is 1. The van der Waals surface area contributed by atoms with Gasteiger partial charge in [0, 0.05) is 21.7 Å². The Hall–Kier alpha value is -2.99. The van der Waals surface area contributed by atoms with E-state index in [-0.39, 0.29) is 11.7 Å². The van der Waals surface area contributed by atoms with E-state index < -0.39 is 0 Å². The van der Waals surface area contributed by atoms with Crippen LogP contribution in [0.5, 0.6) is 5.88 Å². The summed E-state index contributed by atoms with van der Waals surface area (Å²) in [6.07, 6.45) is 1.50. The Balaban J connectivity index is 1.87. The van der Waals surface area contributed by atoms with Crippen LogP contribution in [0.15, 0.2) is 71.3 Å². The molecule has 3 rings (SSSR count). The molecule has 130 valence electrons. The quantitative estimate of drug-likeness (QED) is 0.635. The molecule has 0 saturated heterocycles. The van der Waals surface area contributed by atoms with Crippen molar-refractivity contribution in [3.63, 3.8) is 0 Å². The molecule has 0 bridgehead atoms. The van der Waals surface area contributed by atoms with Gasteiger partial charge in [0.05, 0.1) is 24.6 Å². The van der Waals surface area contributed by atoms with Gasteiger partial charge in [-0.3, -0.25) is 9.59 Å². The minimum Gasteiger partial charge on any atom is -0.481 e. The molecule has 0 aliphatic rings. The maximum atomic E-state index is 12.8. The molecule has 1 aromatic heterocycles. The van der Waals surface area contributed by atoms with Gasteiger partial charge in [0.15, 0.2) is 5.78 Å². The third-order valence-corrected chi connectivity index (χ3v) is 4.25. The maximum Gasteiger partial charge on any atom is 0.256 e. The van der Waals surface area contributed by atoms with Gasteiger partial charge in [-0.2, -0.15) is 0 Å². The third-order valence-electron chi connectivity index (χ3n) is 3.73. The van der Waals surface area contributed by atoms with Crippen LogP contribution in [0.3, 0.4) is 0 Å². The van der Waals surface area contributed by atoms with Crippen molar-refractivity contribution >= 4 is 33.3 Å². The highest BCUT2D eigenvalue weighted by molar-refractivity contribution is 9.10. The Morgan fingerprint density at radius 1 is 0.962 bits per heavy atom. The summed E-state index contributed by atoms with van der Waals surface area (Å²) in [6, 6.07) is 17.1. The van der Waals surface area contributed by atoms with E-state index in [0.29, 0.717) is 28.3 Å². The molecule has 3 aromatic rings. The zero-order chi connectivity index (χ0) is 18.5. The standard InChI is InChI=1S/C20H15BrN2O3/c1-26-18-11-10-15(12-22-18)23-20(25)17-5-3-2-4-16(17)19(24)13-6-8-14(21)9-7-13/h2-12H,1H3,(H,23,25). The Labute approximate surface area is 159 Å². The molecule has 0 saturated carbocycles. The Morgan fingerprint density at radius 2 is 1.65 bits per heavy atom. The van der Waals surface area contributed by atoms with Crippen molar-refractivity contribution in [1.29, 1.82) is 0 Å². The van der Waals surface area contributed by atoms with Crippen molar-refractivity contribution < 1.29 is 14.3 Å². The average Bonchev–Trinajstić information content (AvgIpc) is 2.68. The summed E-state index contributed by atoms with van der Waals surface area (Å²) in [5.74, 6) is -0.136. The summed E-state index contributed by atoms with van der Waals surface area (Å²) in [5, 5.41) is 2.75. The summed E-state index contributed by atoms with van der Waals surface area (Å²) in [5.41, 5.74) is 1.67. The van der Waals surface area contributed by atoms with Gasteiger partial charge in [0.2, 0.25) is 5.88 Å². The number of ether oxygens (including phenoxy) is 1. The number of anilines is 1. The third kappa shape index (κ3) is 3.97. The van der Waals surface area contributed by atoms with Crippen LogP contribution in [0.4, 0.5) is 5.69 Å². The van der Waals surface area contributed by atoms with E-state index in [1.165, 1.54) is 13.3 Å². The number of hydrogen-bond acceptors (Lipinski definition) is 4. The number of hydrogen-bond donors (Lipinski definition) is 1. The van der Waals surface area contributed by atoms with Gasteiger partial charge in [0.25, 0.3) is 5.91 Å². The van der Waals surface area contributed by atoms with Crippen LogP contribution < -0.4 is 10.1 Å². The van der Waals surface area contributed by atoms with Gasteiger partial charge in [0.1, 0.15) is 0 Å². The minimum absolute atomic E-state index is 0.212. The van der Waals surface area contributed by atoms with Crippen molar-refractivity contribution in [2.45, 2.75) is 0 Å². The molecule has 0 radical (unpaired) electrons. The fourth-order valence-electron chi connectivity index (χ4n) is 2.41. The normalized spacial score (nSPS) is 10.2. The molecule has 5 nitrogen and oxygen atoms in total. The van der Waals surface area contributed by atoms with E-state index >= 15 is 0 Å². The maximum absolute atomic E-state index is 12.8. The van der Waals surface area contributed by atoms with Crippen LogP contribution in [0.1, 0.15) is 26.3 Å². The van der Waals surface area contributed by atoms with Gasteiger partial charge in [-0.15, -0.1) is 0 Å². The fourth-order valence-corrected chi connectivity index (χ4v) is 2.67. The van der Waals surface area contributed by atoms with Crippen LogP contribution in [0.25, 0.3) is 0 Å². The van der Waals surface area contributed by atoms with Crippen molar-refractivity contribution in [3.05, 3.63) is 88.0 Å². The summed E-state index contributed by atoms with van der Waals surface area (Å²) in [7, 11) is 1.52. The number of rotatable bonds is 5. The molecule has 0 spiro atoms. The fraction of sp³-hybridized carbons (Fsp3) is 0.0500. The molecule has 0 fully saturated rings. The van der Waals surface area contributed by atoms with Crippen LogP contribution >= 0.6 is 15.9 Å². The largest absolute Gasteiger partial charge is 0.481 e. The number of carbonyl (C=O) groups is 2. The summed E-state index contributed by atoms with van der Waals surface area (Å²) in [4.78, 5) is 29.5. The van der Waals surface area contributed by atoms with Gasteiger partial charge in [-0.1, -0.05) is 34.1 Å². The number of halogens is 1. The summed E-state index contributed by atoms with van der Waals surface area (Å²) >= 11 is 3.35. The van der Waals surface area contributed by atoms with Crippen molar-refractivity contribution in [2.75, 3.05) is 12.4 Å². The Kier molecular flexibility index (Phi) is 5.43. The van der Waals surface area contributed by atoms with Gasteiger partial charge in [-0.05, 0) is 36.4 Å². The highest BCUT2D eigenvalue weighted by Crippen LogP contribution is 2.19. The monoisotopic (exact) mass is 410 g/mol. The van der Waals surface area contributed by atoms with Gasteiger partial charge in [-0.25, -0.2) is 4.98 Å². The minimum atomic E-state index is -0.377. The highest BCUT2D eigenvalue weighted by Gasteiger charge is 2.18. The number of nitrogens with zero attached hydrogens (tertiary/aromatic N) is 1. The molecule has 1 N–H and O–H groups in total. The number of ketones is 1. The molecule has 2 aromatic carbocycles. The lowest BCUT2D eigenvalue weighted by molar-refractivity contribution is 0.0996. The van der Waals surface area contributed by atoms with Crippen LogP contribution in [0, 0.1) is 0 Å². The Morgan fingerprint density at radius 3 is 2.27 bits per heavy atom. The second-order valence-electron chi connectivity index (χ2n) is 5.42. The highest BCUT2D eigenvalue weighted by atomic mass is 79.9. The number of pyridine rings is 1. The SMILES string of the molecule is COc1ccc(NC(=O)c2ccccc2C(=O)c2ccc(Br)cc2)cn1. The van der Waals surface area contributed by atoms with E-state index in [2.05, 4.69) is 26.2 Å². The van der Waals surface area contributed by atoms with E-state index in [0.717, 1.165) is 4.47 Å². The first-order valence-electron chi connectivity index (χ1n) is 7.79. The molecule has 0 atom stereocenters. The van der Waals surface area contributed by atoms with Crippen LogP contribution in [-0.2, 0) is 0 Å². The second kappa shape index (κ2) is 7.93. The van der Waals surface area contributed by atoms with Gasteiger partial charge < -0.3 is 10.1 Å². The zero-order valence-electron chi connectivity index (χ0n) is 13.9. The molecule has 1 heterocycles. The molecule has 1 amide bonds. The van der Waals surface area contributed by atoms with E-state index in [9.17, 15) is 9.59 Å². The van der Waals surface area contributed by atoms with Crippen molar-refractivity contribution in [1.82, 2.24) is 4.98 Å². The lowest BCUT2D eigenvalue weighted by atomic mass is 9.98. The Bertz CT molecular complexity index is 938. The average molecular weight is 411 g/mol. The number of amides is 1.